The monoisotopic (exact) mass is 416 g/mol. The number of ether oxygens (including phenoxy) is 1. The minimum Gasteiger partial charge on any atom is -0.484 e. The molecule has 1 atom stereocenters. The fraction of sp³-hybridized carbons (Fsp3) is 0.391. The highest BCUT2D eigenvalue weighted by Crippen LogP contribution is 2.17. The molecule has 2 aromatic carbocycles. The van der Waals surface area contributed by atoms with E-state index in [1.165, 1.54) is 0 Å². The highest BCUT2D eigenvalue weighted by atomic mass is 35.5. The van der Waals surface area contributed by atoms with Crippen LogP contribution in [0.3, 0.4) is 0 Å². The molecular formula is C23H29ClN2O3. The SMILES string of the molecule is CCCNC(=O)[C@@H](CC)N(Cc1ccc(Cl)cc1)C(=O)COc1ccc(C)cc1. The molecule has 0 fully saturated rings. The molecule has 2 amide bonds. The summed E-state index contributed by atoms with van der Waals surface area (Å²) in [5.74, 6) is 0.241. The average Bonchev–Trinajstić information content (AvgIpc) is 2.72. The fourth-order valence-corrected chi connectivity index (χ4v) is 3.06. The first kappa shape index (κ1) is 22.8. The number of hydrogen-bond acceptors (Lipinski definition) is 3. The number of nitrogens with zero attached hydrogens (tertiary/aromatic N) is 1. The molecule has 0 aromatic heterocycles. The number of rotatable bonds is 10. The van der Waals surface area contributed by atoms with Gasteiger partial charge in [0.25, 0.3) is 5.91 Å². The largest absolute Gasteiger partial charge is 0.484 e. The van der Waals surface area contributed by atoms with Crippen molar-refractivity contribution in [2.24, 2.45) is 0 Å². The third-order valence-electron chi connectivity index (χ3n) is 4.58. The van der Waals surface area contributed by atoms with Crippen molar-refractivity contribution in [3.05, 3.63) is 64.7 Å². The van der Waals surface area contributed by atoms with Crippen LogP contribution in [0.25, 0.3) is 0 Å². The van der Waals surface area contributed by atoms with E-state index in [2.05, 4.69) is 5.32 Å². The summed E-state index contributed by atoms with van der Waals surface area (Å²) >= 11 is 5.97. The summed E-state index contributed by atoms with van der Waals surface area (Å²) in [5, 5.41) is 3.53. The van der Waals surface area contributed by atoms with Crippen molar-refractivity contribution in [1.29, 1.82) is 0 Å². The van der Waals surface area contributed by atoms with Gasteiger partial charge in [-0.1, -0.05) is 55.3 Å². The van der Waals surface area contributed by atoms with E-state index in [0.29, 0.717) is 30.3 Å². The second-order valence-corrected chi connectivity index (χ2v) is 7.40. The van der Waals surface area contributed by atoms with E-state index in [-0.39, 0.29) is 18.4 Å². The third kappa shape index (κ3) is 7.09. The van der Waals surface area contributed by atoms with Crippen molar-refractivity contribution in [2.45, 2.75) is 46.2 Å². The van der Waals surface area contributed by atoms with Gasteiger partial charge in [-0.15, -0.1) is 0 Å². The van der Waals surface area contributed by atoms with Gasteiger partial charge < -0.3 is 15.0 Å². The van der Waals surface area contributed by atoms with Crippen LogP contribution in [0.15, 0.2) is 48.5 Å². The van der Waals surface area contributed by atoms with Gasteiger partial charge in [0.15, 0.2) is 6.61 Å². The number of carbonyl (C=O) groups is 2. The van der Waals surface area contributed by atoms with Gasteiger partial charge in [0.05, 0.1) is 0 Å². The maximum Gasteiger partial charge on any atom is 0.261 e. The van der Waals surface area contributed by atoms with E-state index in [1.54, 1.807) is 17.0 Å². The maximum atomic E-state index is 13.0. The topological polar surface area (TPSA) is 58.6 Å². The van der Waals surface area contributed by atoms with Crippen molar-refractivity contribution in [3.63, 3.8) is 0 Å². The molecule has 2 aromatic rings. The highest BCUT2D eigenvalue weighted by molar-refractivity contribution is 6.30. The van der Waals surface area contributed by atoms with Gasteiger partial charge in [-0.2, -0.15) is 0 Å². The molecule has 29 heavy (non-hydrogen) atoms. The lowest BCUT2D eigenvalue weighted by molar-refractivity contribution is -0.143. The van der Waals surface area contributed by atoms with Crippen LogP contribution in [-0.4, -0.2) is 35.9 Å². The molecule has 0 radical (unpaired) electrons. The lowest BCUT2D eigenvalue weighted by atomic mass is 10.1. The second-order valence-electron chi connectivity index (χ2n) is 6.96. The molecule has 1 N–H and O–H groups in total. The fourth-order valence-electron chi connectivity index (χ4n) is 2.93. The Balaban J connectivity index is 2.16. The van der Waals surface area contributed by atoms with Crippen LogP contribution in [-0.2, 0) is 16.1 Å². The molecule has 0 unspecified atom stereocenters. The smallest absolute Gasteiger partial charge is 0.261 e. The first-order chi connectivity index (χ1) is 13.9. The maximum absolute atomic E-state index is 13.0. The third-order valence-corrected chi connectivity index (χ3v) is 4.84. The van der Waals surface area contributed by atoms with Gasteiger partial charge in [-0.05, 0) is 49.6 Å². The quantitative estimate of drug-likeness (QED) is 0.626. The summed E-state index contributed by atoms with van der Waals surface area (Å²) in [6.07, 6.45) is 1.35. The molecule has 2 rings (SSSR count). The van der Waals surface area contributed by atoms with Gasteiger partial charge in [-0.25, -0.2) is 0 Å². The van der Waals surface area contributed by atoms with Crippen LogP contribution in [0, 0.1) is 6.92 Å². The molecule has 0 bridgehead atoms. The average molecular weight is 417 g/mol. The zero-order chi connectivity index (χ0) is 21.2. The number of carbonyl (C=O) groups excluding carboxylic acids is 2. The highest BCUT2D eigenvalue weighted by Gasteiger charge is 2.28. The van der Waals surface area contributed by atoms with Crippen molar-refractivity contribution >= 4 is 23.4 Å². The van der Waals surface area contributed by atoms with Crippen LogP contribution >= 0.6 is 11.6 Å². The molecular weight excluding hydrogens is 388 g/mol. The Labute approximate surface area is 178 Å². The molecule has 0 heterocycles. The van der Waals surface area contributed by atoms with Gasteiger partial charge >= 0.3 is 0 Å². The van der Waals surface area contributed by atoms with E-state index in [4.69, 9.17) is 16.3 Å². The molecule has 0 aliphatic carbocycles. The van der Waals surface area contributed by atoms with Crippen LogP contribution < -0.4 is 10.1 Å². The van der Waals surface area contributed by atoms with Gasteiger partial charge in [0, 0.05) is 18.1 Å². The first-order valence-corrected chi connectivity index (χ1v) is 10.3. The van der Waals surface area contributed by atoms with Gasteiger partial charge in [0.2, 0.25) is 5.91 Å². The predicted octanol–water partition coefficient (Wildman–Crippen LogP) is 4.36. The molecule has 0 saturated carbocycles. The summed E-state index contributed by atoms with van der Waals surface area (Å²) in [7, 11) is 0. The number of hydrogen-bond donors (Lipinski definition) is 1. The van der Waals surface area contributed by atoms with Crippen LogP contribution in [0.4, 0.5) is 0 Å². The Kier molecular flexibility index (Phi) is 9.00. The molecule has 0 saturated heterocycles. The normalized spacial score (nSPS) is 11.6. The summed E-state index contributed by atoms with van der Waals surface area (Å²) < 4.78 is 5.67. The number of nitrogens with one attached hydrogen (secondary N) is 1. The molecule has 0 aliphatic rings. The Morgan fingerprint density at radius 2 is 1.72 bits per heavy atom. The van der Waals surface area contributed by atoms with Crippen LogP contribution in [0.2, 0.25) is 5.02 Å². The minimum absolute atomic E-state index is 0.131. The van der Waals surface area contributed by atoms with Crippen LogP contribution in [0.5, 0.6) is 5.75 Å². The van der Waals surface area contributed by atoms with Crippen molar-refractivity contribution in [2.75, 3.05) is 13.2 Å². The second kappa shape index (κ2) is 11.5. The lowest BCUT2D eigenvalue weighted by Gasteiger charge is -2.30. The predicted molar refractivity (Wildman–Crippen MR) is 116 cm³/mol. The first-order valence-electron chi connectivity index (χ1n) is 9.95. The Bertz CT molecular complexity index is 791. The Morgan fingerprint density at radius 1 is 1.07 bits per heavy atom. The van der Waals surface area contributed by atoms with Gasteiger partial charge in [0.1, 0.15) is 11.8 Å². The van der Waals surface area contributed by atoms with E-state index in [9.17, 15) is 9.59 Å². The lowest BCUT2D eigenvalue weighted by Crippen LogP contribution is -2.50. The molecule has 0 aliphatic heterocycles. The number of aryl methyl sites for hydroxylation is 1. The number of benzene rings is 2. The minimum atomic E-state index is -0.564. The zero-order valence-electron chi connectivity index (χ0n) is 17.3. The van der Waals surface area contributed by atoms with E-state index >= 15 is 0 Å². The van der Waals surface area contributed by atoms with Crippen molar-refractivity contribution in [3.8, 4) is 5.75 Å². The number of halogens is 1. The Hall–Kier alpha value is -2.53. The molecule has 5 nitrogen and oxygen atoms in total. The summed E-state index contributed by atoms with van der Waals surface area (Å²) in [5.41, 5.74) is 2.02. The van der Waals surface area contributed by atoms with E-state index in [0.717, 1.165) is 17.5 Å². The standard InChI is InChI=1S/C23H29ClN2O3/c1-4-14-25-23(28)21(5-2)26(15-18-8-10-19(24)11-9-18)22(27)16-29-20-12-6-17(3)7-13-20/h6-13,21H,4-5,14-16H2,1-3H3,(H,25,28)/t21-/m1/s1. The number of amides is 2. The van der Waals surface area contributed by atoms with Crippen molar-refractivity contribution in [1.82, 2.24) is 10.2 Å². The summed E-state index contributed by atoms with van der Waals surface area (Å²) in [6, 6.07) is 14.2. The molecule has 0 spiro atoms. The van der Waals surface area contributed by atoms with E-state index < -0.39 is 6.04 Å². The Morgan fingerprint density at radius 3 is 2.31 bits per heavy atom. The van der Waals surface area contributed by atoms with Gasteiger partial charge in [-0.3, -0.25) is 9.59 Å². The summed E-state index contributed by atoms with van der Waals surface area (Å²) in [6.45, 7) is 6.65. The van der Waals surface area contributed by atoms with E-state index in [1.807, 2.05) is 57.2 Å². The molecule has 156 valence electrons. The molecule has 6 heteroatoms. The van der Waals surface area contributed by atoms with Crippen LogP contribution in [0.1, 0.15) is 37.8 Å². The summed E-state index contributed by atoms with van der Waals surface area (Å²) in [4.78, 5) is 27.3. The van der Waals surface area contributed by atoms with Crippen molar-refractivity contribution < 1.29 is 14.3 Å². The zero-order valence-corrected chi connectivity index (χ0v) is 18.0.